The Labute approximate surface area is 97.6 Å². The number of hydrogen-bond donors (Lipinski definition) is 0. The summed E-state index contributed by atoms with van der Waals surface area (Å²) in [6, 6.07) is 7.15. The maximum absolute atomic E-state index is 11.8. The van der Waals surface area contributed by atoms with Crippen molar-refractivity contribution >= 4 is 13.9 Å². The van der Waals surface area contributed by atoms with Crippen molar-refractivity contribution in [2.24, 2.45) is 0 Å². The van der Waals surface area contributed by atoms with Crippen LogP contribution in [0.2, 0.25) is 19.6 Å². The summed E-state index contributed by atoms with van der Waals surface area (Å²) in [5, 5.41) is 0. The molecule has 0 N–H and O–H groups in total. The van der Waals surface area contributed by atoms with Crippen LogP contribution in [0.15, 0.2) is 24.3 Å². The predicted octanol–water partition coefficient (Wildman–Crippen LogP) is 2.76. The lowest BCUT2D eigenvalue weighted by Gasteiger charge is -2.05. The third kappa shape index (κ3) is 3.56. The van der Waals surface area contributed by atoms with Crippen LogP contribution in [-0.4, -0.2) is 21.0 Å². The monoisotopic (exact) mass is 232 g/mol. The molecule has 2 nitrogen and oxygen atoms in total. The summed E-state index contributed by atoms with van der Waals surface area (Å²) in [7, 11) is 0.0504. The molecule has 0 amide bonds. The molecule has 0 unspecified atom stereocenters. The third-order valence-corrected chi connectivity index (χ3v) is 2.78. The van der Waals surface area contributed by atoms with E-state index in [1.165, 1.54) is 0 Å². The maximum atomic E-state index is 11.8. The molecule has 0 saturated carbocycles. The molecular weight excluding hydrogens is 216 g/mol. The molecule has 0 aromatic heterocycles. The van der Waals surface area contributed by atoms with Crippen LogP contribution < -0.4 is 4.74 Å². The number of Topliss-reactive ketones (excluding diaryl/α,β-unsaturated/α-hetero) is 1. The zero-order valence-electron chi connectivity index (χ0n) is 10.1. The van der Waals surface area contributed by atoms with Gasteiger partial charge in [0.15, 0.2) is 0 Å². The average Bonchev–Trinajstić information content (AvgIpc) is 2.25. The van der Waals surface area contributed by atoms with E-state index >= 15 is 0 Å². The van der Waals surface area contributed by atoms with E-state index in [0.717, 1.165) is 0 Å². The third-order valence-electron chi connectivity index (χ3n) is 1.90. The lowest BCUT2D eigenvalue weighted by molar-refractivity contribution is 0.105. The summed E-state index contributed by atoms with van der Waals surface area (Å²) < 4.78 is 5.12. The van der Waals surface area contributed by atoms with Crippen LogP contribution in [0.1, 0.15) is 10.4 Å². The van der Waals surface area contributed by atoms with Crippen molar-refractivity contribution in [3.63, 3.8) is 0 Å². The van der Waals surface area contributed by atoms with Crippen molar-refractivity contribution < 1.29 is 9.53 Å². The van der Waals surface area contributed by atoms with E-state index in [2.05, 4.69) is 31.1 Å². The first kappa shape index (κ1) is 12.5. The summed E-state index contributed by atoms with van der Waals surface area (Å²) in [6.07, 6.45) is 0. The highest BCUT2D eigenvalue weighted by molar-refractivity contribution is 6.84. The molecular formula is C13H16O2Si. The van der Waals surface area contributed by atoms with Crippen molar-refractivity contribution in [3.05, 3.63) is 29.8 Å². The quantitative estimate of drug-likeness (QED) is 0.445. The fourth-order valence-corrected chi connectivity index (χ4v) is 1.63. The Morgan fingerprint density at radius 2 is 1.88 bits per heavy atom. The number of benzene rings is 1. The fourth-order valence-electron chi connectivity index (χ4n) is 1.14. The van der Waals surface area contributed by atoms with Gasteiger partial charge >= 0.3 is 0 Å². The fraction of sp³-hybridized carbons (Fsp3) is 0.308. The summed E-state index contributed by atoms with van der Waals surface area (Å²) in [6.45, 7) is 6.32. The second kappa shape index (κ2) is 5.00. The Kier molecular flexibility index (Phi) is 3.91. The molecule has 0 aliphatic rings. The Balaban J connectivity index is 3.00. The SMILES string of the molecule is COc1ccccc1C(=O)C#C[Si](C)(C)C. The normalized spacial score (nSPS) is 10.2. The summed E-state index contributed by atoms with van der Waals surface area (Å²) >= 11 is 0. The van der Waals surface area contributed by atoms with Crippen LogP contribution in [0.3, 0.4) is 0 Å². The van der Waals surface area contributed by atoms with Gasteiger partial charge in [-0.2, -0.15) is 0 Å². The molecule has 1 aromatic rings. The largest absolute Gasteiger partial charge is 0.496 e. The predicted molar refractivity (Wildman–Crippen MR) is 68.4 cm³/mol. The lowest BCUT2D eigenvalue weighted by Crippen LogP contribution is -2.17. The van der Waals surface area contributed by atoms with Gasteiger partial charge in [0.05, 0.1) is 12.7 Å². The van der Waals surface area contributed by atoms with Gasteiger partial charge in [0.2, 0.25) is 5.78 Å². The van der Waals surface area contributed by atoms with Crippen LogP contribution in [0.25, 0.3) is 0 Å². The van der Waals surface area contributed by atoms with Gasteiger partial charge in [-0.3, -0.25) is 4.79 Å². The van der Waals surface area contributed by atoms with Gasteiger partial charge in [0, 0.05) is 0 Å². The second-order valence-corrected chi connectivity index (χ2v) is 9.28. The topological polar surface area (TPSA) is 26.3 Å². The number of para-hydroxylation sites is 1. The second-order valence-electron chi connectivity index (χ2n) is 4.53. The molecule has 0 fully saturated rings. The van der Waals surface area contributed by atoms with E-state index in [1.807, 2.05) is 12.1 Å². The molecule has 84 valence electrons. The van der Waals surface area contributed by atoms with Crippen molar-refractivity contribution in [2.75, 3.05) is 7.11 Å². The molecule has 0 heterocycles. The lowest BCUT2D eigenvalue weighted by atomic mass is 10.1. The Hall–Kier alpha value is -1.53. The minimum absolute atomic E-state index is 0.167. The van der Waals surface area contributed by atoms with E-state index in [4.69, 9.17) is 4.74 Å². The van der Waals surface area contributed by atoms with Crippen molar-refractivity contribution in [1.82, 2.24) is 0 Å². The Morgan fingerprint density at radius 1 is 1.25 bits per heavy atom. The van der Waals surface area contributed by atoms with Gasteiger partial charge in [-0.15, -0.1) is 5.54 Å². The van der Waals surface area contributed by atoms with Gasteiger partial charge in [-0.05, 0) is 18.1 Å². The zero-order chi connectivity index (χ0) is 12.2. The van der Waals surface area contributed by atoms with Crippen molar-refractivity contribution in [2.45, 2.75) is 19.6 Å². The van der Waals surface area contributed by atoms with Crippen LogP contribution in [-0.2, 0) is 0 Å². The highest BCUT2D eigenvalue weighted by Crippen LogP contribution is 2.17. The van der Waals surface area contributed by atoms with Gasteiger partial charge in [0.25, 0.3) is 0 Å². The first-order chi connectivity index (χ1) is 7.44. The van der Waals surface area contributed by atoms with Gasteiger partial charge < -0.3 is 4.74 Å². The maximum Gasteiger partial charge on any atom is 0.239 e. The molecule has 0 bridgehead atoms. The van der Waals surface area contributed by atoms with Crippen molar-refractivity contribution in [1.29, 1.82) is 0 Å². The molecule has 16 heavy (non-hydrogen) atoms. The molecule has 1 aromatic carbocycles. The van der Waals surface area contributed by atoms with E-state index in [1.54, 1.807) is 19.2 Å². The minimum Gasteiger partial charge on any atom is -0.496 e. The van der Waals surface area contributed by atoms with E-state index in [-0.39, 0.29) is 5.78 Å². The van der Waals surface area contributed by atoms with E-state index < -0.39 is 8.07 Å². The average molecular weight is 232 g/mol. The number of hydrogen-bond acceptors (Lipinski definition) is 2. The highest BCUT2D eigenvalue weighted by Gasteiger charge is 2.11. The van der Waals surface area contributed by atoms with Crippen LogP contribution in [0.5, 0.6) is 5.75 Å². The van der Waals surface area contributed by atoms with Crippen molar-refractivity contribution in [3.8, 4) is 17.2 Å². The smallest absolute Gasteiger partial charge is 0.239 e. The zero-order valence-corrected chi connectivity index (χ0v) is 11.1. The van der Waals surface area contributed by atoms with Crippen LogP contribution in [0, 0.1) is 11.5 Å². The standard InChI is InChI=1S/C13H16O2Si/c1-15-13-8-6-5-7-11(13)12(14)9-10-16(2,3)4/h5-8H,1-4H3. The molecule has 0 saturated heterocycles. The minimum atomic E-state index is -1.50. The summed E-state index contributed by atoms with van der Waals surface area (Å²) in [4.78, 5) is 11.8. The molecule has 1 rings (SSSR count). The van der Waals surface area contributed by atoms with Crippen LogP contribution >= 0.6 is 0 Å². The molecule has 0 spiro atoms. The number of rotatable bonds is 2. The van der Waals surface area contributed by atoms with E-state index in [9.17, 15) is 4.79 Å². The Morgan fingerprint density at radius 3 is 2.44 bits per heavy atom. The number of ether oxygens (including phenoxy) is 1. The van der Waals surface area contributed by atoms with Gasteiger partial charge in [-0.1, -0.05) is 31.8 Å². The Bertz CT molecular complexity index is 447. The molecule has 0 aliphatic heterocycles. The molecule has 3 heteroatoms. The highest BCUT2D eigenvalue weighted by atomic mass is 28.3. The van der Waals surface area contributed by atoms with Crippen LogP contribution in [0.4, 0.5) is 0 Å². The first-order valence-corrected chi connectivity index (χ1v) is 8.64. The van der Waals surface area contributed by atoms with E-state index in [0.29, 0.717) is 11.3 Å². The number of carbonyl (C=O) groups is 1. The molecule has 0 aliphatic carbocycles. The van der Waals surface area contributed by atoms with Gasteiger partial charge in [0.1, 0.15) is 13.8 Å². The number of carbonyl (C=O) groups excluding carboxylic acids is 1. The first-order valence-electron chi connectivity index (χ1n) is 5.14. The molecule has 0 radical (unpaired) electrons. The summed E-state index contributed by atoms with van der Waals surface area (Å²) in [5.74, 6) is 3.12. The number of methoxy groups -OCH3 is 1. The summed E-state index contributed by atoms with van der Waals surface area (Å²) in [5.41, 5.74) is 3.59. The molecule has 0 atom stereocenters. The van der Waals surface area contributed by atoms with Gasteiger partial charge in [-0.25, -0.2) is 0 Å². The number of ketones is 1.